The van der Waals surface area contributed by atoms with Gasteiger partial charge < -0.3 is 20.7 Å². The third-order valence-corrected chi connectivity index (χ3v) is 6.47. The molecule has 7 nitrogen and oxygen atoms in total. The summed E-state index contributed by atoms with van der Waals surface area (Å²) in [5.41, 5.74) is 7.58. The molecule has 0 saturated heterocycles. The molecule has 10 heteroatoms. The van der Waals surface area contributed by atoms with Crippen molar-refractivity contribution in [1.82, 2.24) is 9.88 Å². The number of thiophene rings is 1. The van der Waals surface area contributed by atoms with Crippen LogP contribution in [-0.2, 0) is 17.7 Å². The number of nitrogens with two attached hydrogens (primary N) is 1. The Hall–Kier alpha value is -2.72. The number of aromatic nitrogens is 1. The standard InChI is InChI=1S/C18H17FN4O3S2/c1-2-26-18(25)23-6-5-10-13(8-23)27-16(14(10)15(20)24)22-17-21-11-4-3-9(19)7-12(11)28-17/h3-4,7H,2,5-6,8H2,1H3,(H2,20,24)(H,21,22). The van der Waals surface area contributed by atoms with Crippen LogP contribution in [0.2, 0.25) is 0 Å². The maximum atomic E-state index is 13.4. The van der Waals surface area contributed by atoms with Crippen LogP contribution in [-0.4, -0.2) is 35.0 Å². The van der Waals surface area contributed by atoms with Gasteiger partial charge in [-0.1, -0.05) is 11.3 Å². The zero-order valence-electron chi connectivity index (χ0n) is 15.0. The molecule has 0 saturated carbocycles. The molecule has 1 aromatic carbocycles. The van der Waals surface area contributed by atoms with Crippen LogP contribution in [0.1, 0.15) is 27.7 Å². The average Bonchev–Trinajstić information content (AvgIpc) is 3.20. The molecule has 0 radical (unpaired) electrons. The van der Waals surface area contributed by atoms with Gasteiger partial charge in [0.2, 0.25) is 0 Å². The molecule has 4 rings (SSSR count). The van der Waals surface area contributed by atoms with Crippen molar-refractivity contribution in [1.29, 1.82) is 0 Å². The predicted octanol–water partition coefficient (Wildman–Crippen LogP) is 3.85. The summed E-state index contributed by atoms with van der Waals surface area (Å²) in [5, 5.41) is 4.29. The van der Waals surface area contributed by atoms with Gasteiger partial charge in [0.25, 0.3) is 5.91 Å². The van der Waals surface area contributed by atoms with Gasteiger partial charge >= 0.3 is 6.09 Å². The Balaban J connectivity index is 1.65. The number of fused-ring (bicyclic) bond motifs is 2. The number of primary amides is 1. The molecule has 0 bridgehead atoms. The van der Waals surface area contributed by atoms with E-state index in [1.807, 2.05) is 0 Å². The van der Waals surface area contributed by atoms with Gasteiger partial charge in [0.1, 0.15) is 10.8 Å². The van der Waals surface area contributed by atoms with Crippen molar-refractivity contribution < 1.29 is 18.7 Å². The minimum Gasteiger partial charge on any atom is -0.450 e. The van der Waals surface area contributed by atoms with E-state index in [0.717, 1.165) is 10.4 Å². The maximum Gasteiger partial charge on any atom is 0.410 e. The summed E-state index contributed by atoms with van der Waals surface area (Å²) in [6, 6.07) is 4.39. The summed E-state index contributed by atoms with van der Waals surface area (Å²) in [6.07, 6.45) is 0.153. The third kappa shape index (κ3) is 3.40. The van der Waals surface area contributed by atoms with Crippen LogP contribution in [0.25, 0.3) is 10.2 Å². The number of carbonyl (C=O) groups is 2. The second kappa shape index (κ2) is 7.36. The van der Waals surface area contributed by atoms with E-state index in [1.165, 1.54) is 34.8 Å². The first-order valence-electron chi connectivity index (χ1n) is 8.65. The van der Waals surface area contributed by atoms with Crippen molar-refractivity contribution in [2.24, 2.45) is 5.73 Å². The molecule has 3 heterocycles. The SMILES string of the molecule is CCOC(=O)N1CCc2c(sc(Nc3nc4ccc(F)cc4s3)c2C(N)=O)C1. The van der Waals surface area contributed by atoms with E-state index < -0.39 is 5.91 Å². The largest absolute Gasteiger partial charge is 0.450 e. The van der Waals surface area contributed by atoms with Gasteiger partial charge in [-0.25, -0.2) is 14.2 Å². The second-order valence-corrected chi connectivity index (χ2v) is 8.33. The first-order valence-corrected chi connectivity index (χ1v) is 10.3. The highest BCUT2D eigenvalue weighted by Crippen LogP contribution is 2.39. The summed E-state index contributed by atoms with van der Waals surface area (Å²) in [6.45, 7) is 2.90. The number of nitrogens with zero attached hydrogens (tertiary/aromatic N) is 2. The van der Waals surface area contributed by atoms with Crippen LogP contribution in [0.5, 0.6) is 0 Å². The fourth-order valence-electron chi connectivity index (χ4n) is 3.17. The number of amides is 2. The van der Waals surface area contributed by atoms with Crippen molar-refractivity contribution in [3.05, 3.63) is 40.0 Å². The number of thiazole rings is 1. The van der Waals surface area contributed by atoms with Crippen LogP contribution >= 0.6 is 22.7 Å². The van der Waals surface area contributed by atoms with Crippen molar-refractivity contribution in [2.75, 3.05) is 18.5 Å². The molecule has 28 heavy (non-hydrogen) atoms. The molecule has 3 aromatic rings. The summed E-state index contributed by atoms with van der Waals surface area (Å²) >= 11 is 2.66. The quantitative estimate of drug-likeness (QED) is 0.668. The normalized spacial score (nSPS) is 13.4. The Labute approximate surface area is 167 Å². The second-order valence-electron chi connectivity index (χ2n) is 6.20. The van der Waals surface area contributed by atoms with Crippen LogP contribution < -0.4 is 11.1 Å². The van der Waals surface area contributed by atoms with Gasteiger partial charge in [0, 0.05) is 11.4 Å². The summed E-state index contributed by atoms with van der Waals surface area (Å²) in [5.74, 6) is -0.858. The highest BCUT2D eigenvalue weighted by molar-refractivity contribution is 7.23. The molecule has 1 aliphatic rings. The molecule has 2 aromatic heterocycles. The van der Waals surface area contributed by atoms with E-state index in [-0.39, 0.29) is 11.9 Å². The first kappa shape index (κ1) is 18.6. The van der Waals surface area contributed by atoms with Crippen molar-refractivity contribution in [2.45, 2.75) is 19.9 Å². The Morgan fingerprint density at radius 2 is 2.21 bits per heavy atom. The third-order valence-electron chi connectivity index (χ3n) is 4.40. The Bertz CT molecular complexity index is 1080. The molecule has 0 fully saturated rings. The topological polar surface area (TPSA) is 97.6 Å². The number of nitrogens with one attached hydrogen (secondary N) is 1. The molecule has 146 valence electrons. The first-order chi connectivity index (χ1) is 13.5. The smallest absolute Gasteiger partial charge is 0.410 e. The maximum absolute atomic E-state index is 13.4. The number of halogens is 1. The van der Waals surface area contributed by atoms with Gasteiger partial charge in [0.05, 0.1) is 28.9 Å². The van der Waals surface area contributed by atoms with Crippen LogP contribution in [0, 0.1) is 5.82 Å². The minimum absolute atomic E-state index is 0.310. The monoisotopic (exact) mass is 420 g/mol. The Kier molecular flexibility index (Phi) is 4.90. The van der Waals surface area contributed by atoms with E-state index in [9.17, 15) is 14.0 Å². The molecule has 3 N–H and O–H groups in total. The summed E-state index contributed by atoms with van der Waals surface area (Å²) in [4.78, 5) is 31.0. The van der Waals surface area contributed by atoms with Gasteiger partial charge in [-0.2, -0.15) is 0 Å². The molecule has 1 aliphatic heterocycles. The van der Waals surface area contributed by atoms with E-state index >= 15 is 0 Å². The molecule has 0 spiro atoms. The van der Waals surface area contributed by atoms with Crippen LogP contribution in [0.4, 0.5) is 19.3 Å². The number of ether oxygens (including phenoxy) is 1. The van der Waals surface area contributed by atoms with E-state index in [0.29, 0.717) is 52.0 Å². The van der Waals surface area contributed by atoms with Crippen molar-refractivity contribution in [3.63, 3.8) is 0 Å². The van der Waals surface area contributed by atoms with Gasteiger partial charge in [-0.15, -0.1) is 11.3 Å². The molecule has 0 unspecified atom stereocenters. The number of anilines is 2. The van der Waals surface area contributed by atoms with Gasteiger partial charge in [-0.05, 0) is 37.1 Å². The van der Waals surface area contributed by atoms with E-state index in [4.69, 9.17) is 10.5 Å². The lowest BCUT2D eigenvalue weighted by Crippen LogP contribution is -2.36. The fourth-order valence-corrected chi connectivity index (χ4v) is 5.40. The van der Waals surface area contributed by atoms with Gasteiger partial charge in [0.15, 0.2) is 5.13 Å². The average molecular weight is 420 g/mol. The highest BCUT2D eigenvalue weighted by Gasteiger charge is 2.29. The zero-order chi connectivity index (χ0) is 19.8. The molecule has 0 atom stereocenters. The van der Waals surface area contributed by atoms with Gasteiger partial charge in [-0.3, -0.25) is 4.79 Å². The molecule has 0 aliphatic carbocycles. The number of carbonyl (C=O) groups excluding carboxylic acids is 2. The van der Waals surface area contributed by atoms with E-state index in [2.05, 4.69) is 10.3 Å². The predicted molar refractivity (Wildman–Crippen MR) is 107 cm³/mol. The lowest BCUT2D eigenvalue weighted by molar-refractivity contribution is 0.0997. The summed E-state index contributed by atoms with van der Waals surface area (Å²) < 4.78 is 19.2. The molecule has 2 amide bonds. The fraction of sp³-hybridized carbons (Fsp3) is 0.278. The van der Waals surface area contributed by atoms with Crippen molar-refractivity contribution in [3.8, 4) is 0 Å². The zero-order valence-corrected chi connectivity index (χ0v) is 16.6. The number of benzene rings is 1. The molecular weight excluding hydrogens is 403 g/mol. The van der Waals surface area contributed by atoms with Crippen LogP contribution in [0.15, 0.2) is 18.2 Å². The summed E-state index contributed by atoms with van der Waals surface area (Å²) in [7, 11) is 0. The Morgan fingerprint density at radius 3 is 2.96 bits per heavy atom. The number of hydrogen-bond acceptors (Lipinski definition) is 7. The van der Waals surface area contributed by atoms with Crippen molar-refractivity contribution >= 4 is 55.0 Å². The molecular formula is C18H17FN4O3S2. The van der Waals surface area contributed by atoms with E-state index in [1.54, 1.807) is 17.9 Å². The lowest BCUT2D eigenvalue weighted by atomic mass is 10.0. The number of rotatable bonds is 4. The minimum atomic E-state index is -0.531. The Morgan fingerprint density at radius 1 is 1.39 bits per heavy atom. The lowest BCUT2D eigenvalue weighted by Gasteiger charge is -2.26. The number of hydrogen-bond donors (Lipinski definition) is 2. The highest BCUT2D eigenvalue weighted by atomic mass is 32.1. The van der Waals surface area contributed by atoms with Crippen LogP contribution in [0.3, 0.4) is 0 Å².